The van der Waals surface area contributed by atoms with Gasteiger partial charge in [-0.1, -0.05) is 286 Å². The van der Waals surface area contributed by atoms with Gasteiger partial charge < -0.3 is 33.8 Å². The van der Waals surface area contributed by atoms with Crippen molar-refractivity contribution in [3.05, 3.63) is 0 Å². The fraction of sp³-hybridized carbons (Fsp3) is 0.941. The van der Waals surface area contributed by atoms with Gasteiger partial charge in [-0.25, -0.2) is 9.13 Å². The molecule has 2 unspecified atom stereocenters. The van der Waals surface area contributed by atoms with Crippen LogP contribution in [0.15, 0.2) is 0 Å². The predicted molar refractivity (Wildman–Crippen MR) is 349 cm³/mol. The van der Waals surface area contributed by atoms with Gasteiger partial charge in [0.2, 0.25) is 0 Å². The molecule has 516 valence electrons. The zero-order valence-corrected chi connectivity index (χ0v) is 58.3. The van der Waals surface area contributed by atoms with Crippen molar-refractivity contribution in [3.8, 4) is 0 Å². The molecule has 0 heterocycles. The molecule has 0 aromatic carbocycles. The lowest BCUT2D eigenvalue weighted by molar-refractivity contribution is -0.161. The van der Waals surface area contributed by atoms with Gasteiger partial charge in [0.15, 0.2) is 12.2 Å². The number of aliphatic hydroxyl groups excluding tert-OH is 1. The highest BCUT2D eigenvalue weighted by Crippen LogP contribution is 2.45. The van der Waals surface area contributed by atoms with Gasteiger partial charge in [0, 0.05) is 25.7 Å². The number of phosphoric acid groups is 2. The van der Waals surface area contributed by atoms with E-state index < -0.39 is 97.5 Å². The average molecular weight is 1280 g/mol. The van der Waals surface area contributed by atoms with Gasteiger partial charge in [-0.2, -0.15) is 0 Å². The van der Waals surface area contributed by atoms with Gasteiger partial charge in [0.1, 0.15) is 19.3 Å². The van der Waals surface area contributed by atoms with Crippen molar-refractivity contribution in [2.75, 3.05) is 39.6 Å². The third-order valence-corrected chi connectivity index (χ3v) is 17.5. The molecule has 5 atom stereocenters. The van der Waals surface area contributed by atoms with Crippen molar-refractivity contribution in [1.82, 2.24) is 0 Å². The minimum absolute atomic E-state index is 0.104. The van der Waals surface area contributed by atoms with Crippen LogP contribution >= 0.6 is 15.6 Å². The van der Waals surface area contributed by atoms with Crippen LogP contribution in [0.5, 0.6) is 0 Å². The van der Waals surface area contributed by atoms with Crippen LogP contribution in [-0.4, -0.2) is 96.7 Å². The maximum absolute atomic E-state index is 13.0. The largest absolute Gasteiger partial charge is 0.472 e. The first kappa shape index (κ1) is 85.1. The molecule has 19 heteroatoms. The molecule has 0 aliphatic carbocycles. The second kappa shape index (κ2) is 59.1. The predicted octanol–water partition coefficient (Wildman–Crippen LogP) is 19.1. The fourth-order valence-electron chi connectivity index (χ4n) is 10.2. The van der Waals surface area contributed by atoms with Crippen molar-refractivity contribution in [2.45, 2.75) is 356 Å². The number of aliphatic hydroxyl groups is 1. The monoisotopic (exact) mass is 1280 g/mol. The summed E-state index contributed by atoms with van der Waals surface area (Å²) in [5.41, 5.74) is 0. The lowest BCUT2D eigenvalue weighted by atomic mass is 10.0. The minimum Gasteiger partial charge on any atom is -0.462 e. The smallest absolute Gasteiger partial charge is 0.462 e. The maximum atomic E-state index is 13.0. The summed E-state index contributed by atoms with van der Waals surface area (Å²) in [6.45, 7) is 11.7. The summed E-state index contributed by atoms with van der Waals surface area (Å²) in [6.07, 6.45) is 41.8. The van der Waals surface area contributed by atoms with Crippen molar-refractivity contribution in [2.24, 2.45) is 17.8 Å². The van der Waals surface area contributed by atoms with E-state index in [4.69, 9.17) is 37.0 Å². The molecule has 0 saturated heterocycles. The molecule has 0 rings (SSSR count). The van der Waals surface area contributed by atoms with Crippen molar-refractivity contribution in [1.29, 1.82) is 0 Å². The Morgan fingerprint density at radius 1 is 0.310 bits per heavy atom. The minimum atomic E-state index is -4.95. The van der Waals surface area contributed by atoms with Gasteiger partial charge in [0.05, 0.1) is 26.4 Å². The summed E-state index contributed by atoms with van der Waals surface area (Å²) in [7, 11) is -9.90. The Morgan fingerprint density at radius 3 is 0.782 bits per heavy atom. The Morgan fingerprint density at radius 2 is 0.529 bits per heavy atom. The quantitative estimate of drug-likeness (QED) is 0.0222. The average Bonchev–Trinajstić information content (AvgIpc) is 3.68. The Labute approximate surface area is 530 Å². The Balaban J connectivity index is 5.25. The van der Waals surface area contributed by atoms with Crippen LogP contribution in [0.4, 0.5) is 0 Å². The van der Waals surface area contributed by atoms with Gasteiger partial charge in [-0.3, -0.25) is 37.3 Å². The van der Waals surface area contributed by atoms with E-state index in [0.717, 1.165) is 108 Å². The summed E-state index contributed by atoms with van der Waals surface area (Å²) in [4.78, 5) is 72.4. The Bertz CT molecular complexity index is 1720. The number of unbranched alkanes of at least 4 members (excludes halogenated alkanes) is 34. The summed E-state index contributed by atoms with van der Waals surface area (Å²) in [5, 5.41) is 10.6. The van der Waals surface area contributed by atoms with Crippen molar-refractivity contribution in [3.63, 3.8) is 0 Å². The SMILES string of the molecule is CCCCCCCCCCCCCCCC(=O)OC[C@H](COP(=O)(O)OC[C@@H](O)COP(=O)(O)OC[C@@H](COC(=O)CCCCCCCCC(C)C)OC(=O)CCCCCCCCCCCC(C)C)OC(=O)CCCCCCCCCCCCC(C)C. The number of esters is 4. The second-order valence-corrected chi connectivity index (χ2v) is 28.9. The molecule has 0 amide bonds. The van der Waals surface area contributed by atoms with Crippen LogP contribution in [0.2, 0.25) is 0 Å². The van der Waals surface area contributed by atoms with E-state index in [1.807, 2.05) is 0 Å². The van der Waals surface area contributed by atoms with Crippen LogP contribution in [0.1, 0.15) is 337 Å². The fourth-order valence-corrected chi connectivity index (χ4v) is 11.8. The van der Waals surface area contributed by atoms with E-state index in [1.54, 1.807) is 0 Å². The van der Waals surface area contributed by atoms with Gasteiger partial charge in [-0.15, -0.1) is 0 Å². The molecule has 0 aromatic heterocycles. The number of phosphoric ester groups is 2. The summed E-state index contributed by atoms with van der Waals surface area (Å²) >= 11 is 0. The van der Waals surface area contributed by atoms with Crippen LogP contribution in [-0.2, 0) is 65.4 Å². The zero-order valence-electron chi connectivity index (χ0n) is 56.5. The zero-order chi connectivity index (χ0) is 64.5. The normalized spacial score (nSPS) is 14.3. The summed E-state index contributed by atoms with van der Waals surface area (Å²) < 4.78 is 68.2. The van der Waals surface area contributed by atoms with Crippen LogP contribution in [0.25, 0.3) is 0 Å². The number of hydrogen-bond donors (Lipinski definition) is 3. The van der Waals surface area contributed by atoms with Crippen LogP contribution in [0.3, 0.4) is 0 Å². The molecule has 3 N–H and O–H groups in total. The van der Waals surface area contributed by atoms with Gasteiger partial charge >= 0.3 is 39.5 Å². The van der Waals surface area contributed by atoms with E-state index in [9.17, 15) is 43.2 Å². The molecule has 0 spiro atoms. The number of hydrogen-bond acceptors (Lipinski definition) is 15. The van der Waals surface area contributed by atoms with Crippen molar-refractivity contribution >= 4 is 39.5 Å². The molecule has 0 aliphatic rings. The lowest BCUT2D eigenvalue weighted by Crippen LogP contribution is -2.30. The van der Waals surface area contributed by atoms with Gasteiger partial charge in [-0.05, 0) is 43.4 Å². The number of rotatable bonds is 66. The lowest BCUT2D eigenvalue weighted by Gasteiger charge is -2.21. The topological polar surface area (TPSA) is 237 Å². The highest BCUT2D eigenvalue weighted by atomic mass is 31.2. The first-order valence-corrected chi connectivity index (χ1v) is 38.3. The third-order valence-electron chi connectivity index (χ3n) is 15.6. The molecule has 0 aromatic rings. The Kier molecular flexibility index (Phi) is 57.8. The Hall–Kier alpha value is -1.94. The van der Waals surface area contributed by atoms with E-state index >= 15 is 0 Å². The van der Waals surface area contributed by atoms with Crippen LogP contribution < -0.4 is 0 Å². The molecule has 0 bridgehead atoms. The maximum Gasteiger partial charge on any atom is 0.472 e. The van der Waals surface area contributed by atoms with Crippen LogP contribution in [0, 0.1) is 17.8 Å². The summed E-state index contributed by atoms with van der Waals surface area (Å²) in [6, 6.07) is 0. The van der Waals surface area contributed by atoms with Crippen molar-refractivity contribution < 1.29 is 80.2 Å². The molecule has 0 aliphatic heterocycles. The van der Waals surface area contributed by atoms with Gasteiger partial charge in [0.25, 0.3) is 0 Å². The standard InChI is InChI=1S/C68H132O17P2/c1-8-9-10-11-12-13-14-15-16-22-27-35-42-49-65(70)78-55-63(84-67(72)51-44-37-28-23-18-17-20-25-32-39-46-59(2)3)57-82-86(74,75)80-53-62(69)54-81-87(76,77)83-58-64(56-79-66(71)50-43-36-31-30-34-41-48-61(6)7)85-68(73)52-45-38-29-24-19-21-26-33-40-47-60(4)5/h59-64,69H,8-58H2,1-7H3,(H,74,75)(H,76,77)/t62-,63-,64-/m1/s1. The number of carbonyl (C=O) groups excluding carboxylic acids is 4. The highest BCUT2D eigenvalue weighted by Gasteiger charge is 2.30. The third kappa shape index (κ3) is 62.6. The molecule has 87 heavy (non-hydrogen) atoms. The number of ether oxygens (including phenoxy) is 4. The number of carbonyl (C=O) groups is 4. The summed E-state index contributed by atoms with van der Waals surface area (Å²) in [5.74, 6) is 0.0371. The molecule has 17 nitrogen and oxygen atoms in total. The molecule has 0 radical (unpaired) electrons. The first-order valence-electron chi connectivity index (χ1n) is 35.3. The highest BCUT2D eigenvalue weighted by molar-refractivity contribution is 7.47. The molecular formula is C68H132O17P2. The van der Waals surface area contributed by atoms with E-state index in [1.165, 1.54) is 141 Å². The molecule has 0 saturated carbocycles. The van der Waals surface area contributed by atoms with E-state index in [0.29, 0.717) is 31.6 Å². The first-order chi connectivity index (χ1) is 41.7. The molecular weight excluding hydrogens is 1150 g/mol. The molecule has 0 fully saturated rings. The second-order valence-electron chi connectivity index (χ2n) is 26.0. The van der Waals surface area contributed by atoms with E-state index in [2.05, 4.69) is 48.5 Å². The van der Waals surface area contributed by atoms with E-state index in [-0.39, 0.29) is 25.7 Å².